The highest BCUT2D eigenvalue weighted by molar-refractivity contribution is 6.00. The fraction of sp³-hybridized carbons (Fsp3) is 0.389. The lowest BCUT2D eigenvalue weighted by Gasteiger charge is -2.38. The molecule has 0 unspecified atom stereocenters. The van der Waals surface area contributed by atoms with Crippen LogP contribution in [0.4, 0.5) is 4.39 Å². The van der Waals surface area contributed by atoms with Gasteiger partial charge in [0.15, 0.2) is 0 Å². The van der Waals surface area contributed by atoms with Crippen molar-refractivity contribution >= 4 is 23.6 Å². The van der Waals surface area contributed by atoms with E-state index in [-0.39, 0.29) is 67.7 Å². The molecule has 4 amide bonds. The standard InChI is InChI=1S/C36H41FN4O7/c1-41-17-20-48-31-8-3-2-7-28(31)33(44)40-29(13-14-32(43)39-30(35(41)46)21-24-9-11-27(42)12-10-24)34(45)38-23-36(15-18-47-19-16-36)25-5-4-6-26(37)22-25/h2-12,22,29-30,42H,13-21,23H2,1H3,(H,38,45)(H,39,43)(H,40,44)/t29-,30-/m0/s1. The summed E-state index contributed by atoms with van der Waals surface area (Å²) in [6, 6.07) is 17.3. The van der Waals surface area contributed by atoms with Crippen molar-refractivity contribution in [3.8, 4) is 11.5 Å². The number of phenols is 1. The number of hydrogen-bond donors (Lipinski definition) is 4. The number of aromatic hydroxyl groups is 1. The maximum atomic E-state index is 14.2. The van der Waals surface area contributed by atoms with Crippen LogP contribution in [0.15, 0.2) is 72.8 Å². The number of ether oxygens (including phenoxy) is 2. The monoisotopic (exact) mass is 660 g/mol. The molecule has 2 atom stereocenters. The van der Waals surface area contributed by atoms with Crippen LogP contribution < -0.4 is 20.7 Å². The summed E-state index contributed by atoms with van der Waals surface area (Å²) in [6.45, 7) is 1.32. The molecule has 254 valence electrons. The summed E-state index contributed by atoms with van der Waals surface area (Å²) in [4.78, 5) is 55.6. The number of para-hydroxylation sites is 1. The van der Waals surface area contributed by atoms with Gasteiger partial charge in [0.25, 0.3) is 5.91 Å². The maximum Gasteiger partial charge on any atom is 0.255 e. The van der Waals surface area contributed by atoms with Crippen LogP contribution in [0, 0.1) is 5.82 Å². The van der Waals surface area contributed by atoms with E-state index in [1.807, 2.05) is 6.07 Å². The van der Waals surface area contributed by atoms with Gasteiger partial charge in [-0.1, -0.05) is 36.4 Å². The predicted molar refractivity (Wildman–Crippen MR) is 175 cm³/mol. The van der Waals surface area contributed by atoms with Crippen LogP contribution in [-0.4, -0.2) is 85.7 Å². The third-order valence-corrected chi connectivity index (χ3v) is 8.97. The van der Waals surface area contributed by atoms with Crippen molar-refractivity contribution in [3.05, 3.63) is 95.3 Å². The van der Waals surface area contributed by atoms with E-state index >= 15 is 0 Å². The Morgan fingerprint density at radius 2 is 1.75 bits per heavy atom. The number of rotatable bonds is 6. The first-order chi connectivity index (χ1) is 23.1. The fourth-order valence-electron chi connectivity index (χ4n) is 6.09. The normalized spacial score (nSPS) is 20.6. The number of phenolic OH excluding ortho intramolecular Hbond substituents is 1. The Morgan fingerprint density at radius 1 is 1.00 bits per heavy atom. The Morgan fingerprint density at radius 3 is 2.50 bits per heavy atom. The third-order valence-electron chi connectivity index (χ3n) is 8.97. The minimum Gasteiger partial charge on any atom is -0.508 e. The summed E-state index contributed by atoms with van der Waals surface area (Å²) >= 11 is 0. The highest BCUT2D eigenvalue weighted by Crippen LogP contribution is 2.34. The molecule has 11 nitrogen and oxygen atoms in total. The molecule has 0 spiro atoms. The minimum absolute atomic E-state index is 0.0571. The molecule has 0 saturated carbocycles. The van der Waals surface area contributed by atoms with Crippen molar-refractivity contribution in [2.45, 2.75) is 49.6 Å². The van der Waals surface area contributed by atoms with Crippen molar-refractivity contribution in [1.29, 1.82) is 0 Å². The average Bonchev–Trinajstić information content (AvgIpc) is 3.09. The van der Waals surface area contributed by atoms with E-state index in [2.05, 4.69) is 16.0 Å². The second kappa shape index (κ2) is 15.7. The van der Waals surface area contributed by atoms with Crippen LogP contribution in [0.1, 0.15) is 47.2 Å². The first-order valence-corrected chi connectivity index (χ1v) is 16.1. The van der Waals surface area contributed by atoms with Gasteiger partial charge in [-0.25, -0.2) is 4.39 Å². The molecular formula is C36H41FN4O7. The number of halogens is 1. The highest BCUT2D eigenvalue weighted by atomic mass is 19.1. The Balaban J connectivity index is 1.38. The van der Waals surface area contributed by atoms with Crippen molar-refractivity contribution in [2.75, 3.05) is 40.0 Å². The molecule has 1 saturated heterocycles. The van der Waals surface area contributed by atoms with Gasteiger partial charge in [-0.15, -0.1) is 0 Å². The molecule has 3 aromatic carbocycles. The molecule has 1 fully saturated rings. The predicted octanol–water partition coefficient (Wildman–Crippen LogP) is 2.85. The topological polar surface area (TPSA) is 146 Å². The van der Waals surface area contributed by atoms with Crippen LogP contribution in [0.5, 0.6) is 11.5 Å². The summed E-state index contributed by atoms with van der Waals surface area (Å²) in [5.41, 5.74) is 1.10. The number of likely N-dealkylation sites (N-methyl/N-ethyl adjacent to an activating group) is 1. The van der Waals surface area contributed by atoms with E-state index in [0.29, 0.717) is 26.1 Å². The molecule has 3 aromatic rings. The maximum absolute atomic E-state index is 14.2. The SMILES string of the molecule is CN1CCOc2ccccc2C(=O)N[C@H](C(=O)NCC2(c3cccc(F)c3)CCOCC2)CCC(=O)N[C@@H](Cc2ccc(O)cc2)C1=O. The van der Waals surface area contributed by atoms with Gasteiger partial charge in [0, 0.05) is 45.1 Å². The third kappa shape index (κ3) is 8.68. The van der Waals surface area contributed by atoms with E-state index < -0.39 is 35.2 Å². The first kappa shape index (κ1) is 34.4. The second-order valence-corrected chi connectivity index (χ2v) is 12.3. The summed E-state index contributed by atoms with van der Waals surface area (Å²) in [7, 11) is 1.60. The lowest BCUT2D eigenvalue weighted by atomic mass is 9.74. The number of carbonyl (C=O) groups is 4. The zero-order valence-electron chi connectivity index (χ0n) is 26.9. The molecule has 0 aliphatic carbocycles. The molecule has 2 aliphatic heterocycles. The van der Waals surface area contributed by atoms with E-state index in [0.717, 1.165) is 11.1 Å². The number of benzene rings is 3. The van der Waals surface area contributed by atoms with Gasteiger partial charge in [0.1, 0.15) is 36.0 Å². The van der Waals surface area contributed by atoms with Crippen molar-refractivity contribution < 1.29 is 38.1 Å². The largest absolute Gasteiger partial charge is 0.508 e. The molecule has 0 aromatic heterocycles. The molecule has 0 radical (unpaired) electrons. The van der Waals surface area contributed by atoms with Crippen LogP contribution in [0.25, 0.3) is 0 Å². The van der Waals surface area contributed by atoms with Gasteiger partial charge in [0.05, 0.1) is 12.1 Å². The molecule has 48 heavy (non-hydrogen) atoms. The first-order valence-electron chi connectivity index (χ1n) is 16.1. The highest BCUT2D eigenvalue weighted by Gasteiger charge is 2.36. The number of nitrogens with one attached hydrogen (secondary N) is 3. The van der Waals surface area contributed by atoms with Crippen molar-refractivity contribution in [2.24, 2.45) is 0 Å². The molecular weight excluding hydrogens is 619 g/mol. The Bertz CT molecular complexity index is 1610. The molecule has 2 aliphatic rings. The van der Waals surface area contributed by atoms with Gasteiger partial charge in [-0.2, -0.15) is 0 Å². The van der Waals surface area contributed by atoms with Crippen LogP contribution in [0.2, 0.25) is 0 Å². The van der Waals surface area contributed by atoms with Gasteiger partial charge in [-0.05, 0) is 66.8 Å². The Kier molecular flexibility index (Phi) is 11.3. The van der Waals surface area contributed by atoms with E-state index in [1.54, 1.807) is 49.5 Å². The quantitative estimate of drug-likeness (QED) is 0.318. The van der Waals surface area contributed by atoms with Crippen molar-refractivity contribution in [3.63, 3.8) is 0 Å². The van der Waals surface area contributed by atoms with Gasteiger partial charge >= 0.3 is 0 Å². The number of hydrogen-bond acceptors (Lipinski definition) is 7. The minimum atomic E-state index is -1.11. The van der Waals surface area contributed by atoms with Gasteiger partial charge in [0.2, 0.25) is 17.7 Å². The van der Waals surface area contributed by atoms with E-state index in [4.69, 9.17) is 9.47 Å². The second-order valence-electron chi connectivity index (χ2n) is 12.3. The summed E-state index contributed by atoms with van der Waals surface area (Å²) in [5.74, 6) is -1.88. The van der Waals surface area contributed by atoms with Crippen LogP contribution in [-0.2, 0) is 31.0 Å². The molecule has 5 rings (SSSR count). The van der Waals surface area contributed by atoms with Crippen molar-refractivity contribution in [1.82, 2.24) is 20.9 Å². The fourth-order valence-corrected chi connectivity index (χ4v) is 6.09. The Hall–Kier alpha value is -4.97. The van der Waals surface area contributed by atoms with Crippen LogP contribution in [0.3, 0.4) is 0 Å². The van der Waals surface area contributed by atoms with Gasteiger partial charge < -0.3 is 35.4 Å². The summed E-state index contributed by atoms with van der Waals surface area (Å²) < 4.78 is 25.7. The smallest absolute Gasteiger partial charge is 0.255 e. The van der Waals surface area contributed by atoms with Gasteiger partial charge in [-0.3, -0.25) is 19.2 Å². The molecule has 4 N–H and O–H groups in total. The van der Waals surface area contributed by atoms with Crippen LogP contribution >= 0.6 is 0 Å². The lowest BCUT2D eigenvalue weighted by molar-refractivity contribution is -0.135. The number of carbonyl (C=O) groups excluding carboxylic acids is 4. The zero-order chi connectivity index (χ0) is 34.1. The average molecular weight is 661 g/mol. The number of fused-ring (bicyclic) bond motifs is 1. The summed E-state index contributed by atoms with van der Waals surface area (Å²) in [6.07, 6.45) is 1.07. The zero-order valence-corrected chi connectivity index (χ0v) is 26.9. The summed E-state index contributed by atoms with van der Waals surface area (Å²) in [5, 5.41) is 18.3. The van der Waals surface area contributed by atoms with E-state index in [1.165, 1.54) is 29.2 Å². The Labute approximate surface area is 278 Å². The number of nitrogens with zero attached hydrogens (tertiary/aromatic N) is 1. The number of amides is 4. The van der Waals surface area contributed by atoms with E-state index in [9.17, 15) is 28.7 Å². The molecule has 2 heterocycles. The lowest BCUT2D eigenvalue weighted by Crippen LogP contribution is -2.52. The molecule has 12 heteroatoms. The molecule has 0 bridgehead atoms.